The van der Waals surface area contributed by atoms with Gasteiger partial charge in [-0.15, -0.1) is 0 Å². The van der Waals surface area contributed by atoms with Gasteiger partial charge < -0.3 is 19.5 Å². The number of pyridine rings is 1. The first-order valence-corrected chi connectivity index (χ1v) is 6.28. The molecule has 1 N–H and O–H groups in total. The second kappa shape index (κ2) is 7.14. The molecule has 0 fully saturated rings. The predicted molar refractivity (Wildman–Crippen MR) is 77.9 cm³/mol. The number of nitrogens with zero attached hydrogens (tertiary/aromatic N) is 1. The van der Waals surface area contributed by atoms with Crippen LogP contribution in [0.25, 0.3) is 0 Å². The molecule has 0 unspecified atom stereocenters. The van der Waals surface area contributed by atoms with Crippen molar-refractivity contribution in [2.45, 2.75) is 0 Å². The van der Waals surface area contributed by atoms with Crippen LogP contribution in [-0.2, 0) is 4.79 Å². The predicted octanol–water partition coefficient (Wildman–Crippen LogP) is 2.12. The van der Waals surface area contributed by atoms with E-state index in [0.29, 0.717) is 23.1 Å². The Bertz CT molecular complexity index is 602. The minimum absolute atomic E-state index is 0.120. The first kappa shape index (κ1) is 14.6. The van der Waals surface area contributed by atoms with Crippen LogP contribution in [-0.4, -0.2) is 31.7 Å². The van der Waals surface area contributed by atoms with E-state index in [9.17, 15) is 4.79 Å². The van der Waals surface area contributed by atoms with Gasteiger partial charge in [-0.25, -0.2) is 4.98 Å². The number of anilines is 1. The van der Waals surface area contributed by atoms with Crippen LogP contribution in [0.15, 0.2) is 42.6 Å². The van der Waals surface area contributed by atoms with Crippen molar-refractivity contribution in [1.29, 1.82) is 0 Å². The lowest BCUT2D eigenvalue weighted by Crippen LogP contribution is -2.20. The maximum absolute atomic E-state index is 11.8. The third-order valence-corrected chi connectivity index (χ3v) is 2.66. The van der Waals surface area contributed by atoms with Crippen molar-refractivity contribution in [2.24, 2.45) is 0 Å². The van der Waals surface area contributed by atoms with Gasteiger partial charge in [-0.1, -0.05) is 6.07 Å². The number of carbonyl (C=O) groups is 1. The smallest absolute Gasteiger partial charge is 0.262 e. The van der Waals surface area contributed by atoms with Crippen molar-refractivity contribution >= 4 is 11.6 Å². The summed E-state index contributed by atoms with van der Waals surface area (Å²) in [4.78, 5) is 15.8. The third kappa shape index (κ3) is 4.10. The molecule has 0 aliphatic rings. The molecule has 0 saturated carbocycles. The van der Waals surface area contributed by atoms with Crippen LogP contribution in [0.3, 0.4) is 0 Å². The number of ether oxygens (including phenoxy) is 3. The normalized spacial score (nSPS) is 9.81. The van der Waals surface area contributed by atoms with E-state index in [1.807, 2.05) is 0 Å². The van der Waals surface area contributed by atoms with Gasteiger partial charge in [0.25, 0.3) is 5.91 Å². The minimum Gasteiger partial charge on any atom is -0.493 e. The molecule has 21 heavy (non-hydrogen) atoms. The van der Waals surface area contributed by atoms with Gasteiger partial charge in [0.05, 0.1) is 14.2 Å². The van der Waals surface area contributed by atoms with Crippen molar-refractivity contribution in [2.75, 3.05) is 26.1 Å². The Kier molecular flexibility index (Phi) is 4.98. The fraction of sp³-hybridized carbons (Fsp3) is 0.200. The molecule has 0 spiro atoms. The van der Waals surface area contributed by atoms with Crippen LogP contribution in [0.2, 0.25) is 0 Å². The van der Waals surface area contributed by atoms with Gasteiger partial charge in [0, 0.05) is 24.0 Å². The molecule has 6 nitrogen and oxygen atoms in total. The van der Waals surface area contributed by atoms with Crippen LogP contribution in [0.1, 0.15) is 0 Å². The topological polar surface area (TPSA) is 69.7 Å². The lowest BCUT2D eigenvalue weighted by molar-refractivity contribution is -0.118. The molecule has 1 aromatic carbocycles. The highest BCUT2D eigenvalue weighted by Crippen LogP contribution is 2.29. The monoisotopic (exact) mass is 288 g/mol. The average Bonchev–Trinajstić information content (AvgIpc) is 2.53. The number of carbonyl (C=O) groups excluding carboxylic acids is 1. The number of nitrogens with one attached hydrogen (secondary N) is 1. The summed E-state index contributed by atoms with van der Waals surface area (Å²) in [5.41, 5.74) is 0.599. The zero-order valence-electron chi connectivity index (χ0n) is 11.8. The molecule has 0 radical (unpaired) electrons. The number of rotatable bonds is 6. The highest BCUT2D eigenvalue weighted by atomic mass is 16.5. The summed E-state index contributed by atoms with van der Waals surface area (Å²) in [6.07, 6.45) is 1.60. The van der Waals surface area contributed by atoms with Gasteiger partial charge in [-0.2, -0.15) is 0 Å². The molecule has 1 heterocycles. The van der Waals surface area contributed by atoms with Gasteiger partial charge in [0.1, 0.15) is 0 Å². The Balaban J connectivity index is 1.93. The summed E-state index contributed by atoms with van der Waals surface area (Å²) < 4.78 is 15.6. The quantitative estimate of drug-likeness (QED) is 0.881. The number of methoxy groups -OCH3 is 2. The van der Waals surface area contributed by atoms with E-state index in [1.165, 1.54) is 7.11 Å². The molecule has 6 heteroatoms. The molecule has 2 rings (SSSR count). The van der Waals surface area contributed by atoms with E-state index in [4.69, 9.17) is 14.2 Å². The SMILES string of the molecule is COc1ccc(NC(=O)COc2ccccn2)cc1OC. The van der Waals surface area contributed by atoms with E-state index in [2.05, 4.69) is 10.3 Å². The van der Waals surface area contributed by atoms with Crippen molar-refractivity contribution < 1.29 is 19.0 Å². The van der Waals surface area contributed by atoms with Crippen molar-refractivity contribution in [3.8, 4) is 17.4 Å². The largest absolute Gasteiger partial charge is 0.493 e. The van der Waals surface area contributed by atoms with Crippen molar-refractivity contribution in [1.82, 2.24) is 4.98 Å². The van der Waals surface area contributed by atoms with Gasteiger partial charge in [0.2, 0.25) is 5.88 Å². The zero-order valence-corrected chi connectivity index (χ0v) is 11.8. The van der Waals surface area contributed by atoms with E-state index in [0.717, 1.165) is 0 Å². The summed E-state index contributed by atoms with van der Waals surface area (Å²) in [5.74, 6) is 1.26. The first-order valence-electron chi connectivity index (χ1n) is 6.28. The second-order valence-electron chi connectivity index (χ2n) is 4.07. The summed E-state index contributed by atoms with van der Waals surface area (Å²) in [6.45, 7) is -0.120. The number of amides is 1. The molecule has 0 aliphatic heterocycles. The first-order chi connectivity index (χ1) is 10.2. The van der Waals surface area contributed by atoms with Gasteiger partial charge in [0.15, 0.2) is 18.1 Å². The molecule has 0 atom stereocenters. The van der Waals surface area contributed by atoms with Crippen LogP contribution in [0.4, 0.5) is 5.69 Å². The van der Waals surface area contributed by atoms with Crippen LogP contribution in [0.5, 0.6) is 17.4 Å². The van der Waals surface area contributed by atoms with Gasteiger partial charge in [-0.3, -0.25) is 4.79 Å². The van der Waals surface area contributed by atoms with Gasteiger partial charge in [-0.05, 0) is 18.2 Å². The Morgan fingerprint density at radius 1 is 1.14 bits per heavy atom. The summed E-state index contributed by atoms with van der Waals surface area (Å²) >= 11 is 0. The molecule has 1 aromatic heterocycles. The maximum Gasteiger partial charge on any atom is 0.262 e. The Hall–Kier alpha value is -2.76. The van der Waals surface area contributed by atoms with E-state index < -0.39 is 0 Å². The summed E-state index contributed by atoms with van der Waals surface area (Å²) in [6, 6.07) is 10.4. The Morgan fingerprint density at radius 2 is 1.95 bits per heavy atom. The molecule has 0 aliphatic carbocycles. The van der Waals surface area contributed by atoms with Crippen molar-refractivity contribution in [3.63, 3.8) is 0 Å². The molecule has 0 bridgehead atoms. The highest BCUT2D eigenvalue weighted by molar-refractivity contribution is 5.92. The van der Waals surface area contributed by atoms with Crippen LogP contribution >= 0.6 is 0 Å². The summed E-state index contributed by atoms with van der Waals surface area (Å²) in [5, 5.41) is 2.71. The van der Waals surface area contributed by atoms with Crippen LogP contribution < -0.4 is 19.5 Å². The third-order valence-electron chi connectivity index (χ3n) is 2.66. The molecular weight excluding hydrogens is 272 g/mol. The molecule has 1 amide bonds. The Morgan fingerprint density at radius 3 is 2.62 bits per heavy atom. The van der Waals surface area contributed by atoms with Crippen LogP contribution in [0, 0.1) is 0 Å². The Labute approximate surface area is 122 Å². The number of benzene rings is 1. The van der Waals surface area contributed by atoms with Crippen molar-refractivity contribution in [3.05, 3.63) is 42.6 Å². The lowest BCUT2D eigenvalue weighted by atomic mass is 10.2. The lowest BCUT2D eigenvalue weighted by Gasteiger charge is -2.10. The van der Waals surface area contributed by atoms with E-state index in [-0.39, 0.29) is 12.5 Å². The number of hydrogen-bond acceptors (Lipinski definition) is 5. The fourth-order valence-corrected chi connectivity index (χ4v) is 1.68. The highest BCUT2D eigenvalue weighted by Gasteiger charge is 2.08. The van der Waals surface area contributed by atoms with E-state index in [1.54, 1.807) is 49.7 Å². The number of hydrogen-bond donors (Lipinski definition) is 1. The molecular formula is C15H16N2O4. The zero-order chi connectivity index (χ0) is 15.1. The molecule has 110 valence electrons. The second-order valence-corrected chi connectivity index (χ2v) is 4.07. The van der Waals surface area contributed by atoms with E-state index >= 15 is 0 Å². The maximum atomic E-state index is 11.8. The minimum atomic E-state index is -0.284. The average molecular weight is 288 g/mol. The summed E-state index contributed by atoms with van der Waals surface area (Å²) in [7, 11) is 3.09. The fourth-order valence-electron chi connectivity index (χ4n) is 1.68. The molecule has 2 aromatic rings. The number of aromatic nitrogens is 1. The standard InChI is InChI=1S/C15H16N2O4/c1-19-12-7-6-11(9-13(12)20-2)17-14(18)10-21-15-5-3-4-8-16-15/h3-9H,10H2,1-2H3,(H,17,18). The molecule has 0 saturated heterocycles. The van der Waals surface area contributed by atoms with Gasteiger partial charge >= 0.3 is 0 Å².